The predicted molar refractivity (Wildman–Crippen MR) is 125 cm³/mol. The molecule has 4 aromatic rings. The summed E-state index contributed by atoms with van der Waals surface area (Å²) in [5.41, 5.74) is 0.0378. The van der Waals surface area contributed by atoms with E-state index in [1.807, 2.05) is 30.3 Å². The van der Waals surface area contributed by atoms with Crippen LogP contribution in [-0.4, -0.2) is 69.5 Å². The second-order valence-electron chi connectivity index (χ2n) is 7.96. The molecule has 1 fully saturated rings. The van der Waals surface area contributed by atoms with Crippen LogP contribution in [0.4, 0.5) is 0 Å². The van der Waals surface area contributed by atoms with Crippen molar-refractivity contribution in [1.29, 1.82) is 0 Å². The normalized spacial score (nSPS) is 15.0. The molecule has 0 spiro atoms. The standard InChI is InChI=1S/C23H22N6O4S/c30-22(17-28-23(31)29(25-24-28)20-8-2-1-3-9-20)26-12-14-27(15-13-26)34(32,33)21-11-10-18-6-4-5-7-19(18)16-21/h1-11,16H,12-15,17H2. The zero-order valence-electron chi connectivity index (χ0n) is 18.2. The van der Waals surface area contributed by atoms with Crippen LogP contribution in [0.5, 0.6) is 0 Å². The third-order valence-electron chi connectivity index (χ3n) is 5.88. The number of carbonyl (C=O) groups is 1. The lowest BCUT2D eigenvalue weighted by molar-refractivity contribution is -0.133. The first kappa shape index (κ1) is 22.0. The van der Waals surface area contributed by atoms with E-state index in [1.165, 1.54) is 4.31 Å². The van der Waals surface area contributed by atoms with Crippen molar-refractivity contribution in [2.24, 2.45) is 0 Å². The molecule has 0 N–H and O–H groups in total. The molecule has 0 radical (unpaired) electrons. The SMILES string of the molecule is O=C(Cn1nnn(-c2ccccc2)c1=O)N1CCN(S(=O)(=O)c2ccc3ccccc3c2)CC1. The number of carbonyl (C=O) groups excluding carboxylic acids is 1. The molecule has 0 unspecified atom stereocenters. The summed E-state index contributed by atoms with van der Waals surface area (Å²) >= 11 is 0. The number of aromatic nitrogens is 4. The number of tetrazole rings is 1. The maximum atomic E-state index is 13.1. The van der Waals surface area contributed by atoms with Gasteiger partial charge in [-0.15, -0.1) is 0 Å². The van der Waals surface area contributed by atoms with Gasteiger partial charge in [-0.2, -0.15) is 13.7 Å². The lowest BCUT2D eigenvalue weighted by atomic mass is 10.1. The van der Waals surface area contributed by atoms with Gasteiger partial charge in [0.15, 0.2) is 0 Å². The third kappa shape index (κ3) is 4.11. The number of fused-ring (bicyclic) bond motifs is 1. The van der Waals surface area contributed by atoms with E-state index in [0.717, 1.165) is 20.1 Å². The molecule has 1 amide bonds. The lowest BCUT2D eigenvalue weighted by Crippen LogP contribution is -2.51. The molecule has 2 heterocycles. The van der Waals surface area contributed by atoms with Crippen molar-refractivity contribution in [2.75, 3.05) is 26.2 Å². The van der Waals surface area contributed by atoms with E-state index in [2.05, 4.69) is 10.4 Å². The van der Waals surface area contributed by atoms with Crippen molar-refractivity contribution in [3.05, 3.63) is 83.3 Å². The van der Waals surface area contributed by atoms with Gasteiger partial charge in [0.25, 0.3) is 0 Å². The Morgan fingerprint density at radius 2 is 1.50 bits per heavy atom. The molecule has 5 rings (SSSR count). The van der Waals surface area contributed by atoms with E-state index in [9.17, 15) is 18.0 Å². The molecule has 0 atom stereocenters. The Kier molecular flexibility index (Phi) is 5.72. The monoisotopic (exact) mass is 478 g/mol. The van der Waals surface area contributed by atoms with Gasteiger partial charge in [0.2, 0.25) is 15.9 Å². The third-order valence-corrected chi connectivity index (χ3v) is 7.77. The highest BCUT2D eigenvalue weighted by molar-refractivity contribution is 7.89. The fourth-order valence-corrected chi connectivity index (χ4v) is 5.45. The van der Waals surface area contributed by atoms with E-state index in [4.69, 9.17) is 0 Å². The van der Waals surface area contributed by atoms with Crippen LogP contribution in [0.1, 0.15) is 0 Å². The van der Waals surface area contributed by atoms with Gasteiger partial charge in [-0.3, -0.25) is 4.79 Å². The smallest absolute Gasteiger partial charge is 0.338 e. The lowest BCUT2D eigenvalue weighted by Gasteiger charge is -2.34. The summed E-state index contributed by atoms with van der Waals surface area (Å²) in [5.74, 6) is -0.315. The molecule has 11 heteroatoms. The zero-order chi connectivity index (χ0) is 23.7. The van der Waals surface area contributed by atoms with Crippen LogP contribution < -0.4 is 5.69 Å². The molecule has 10 nitrogen and oxygen atoms in total. The molecule has 1 aliphatic heterocycles. The van der Waals surface area contributed by atoms with Crippen LogP contribution in [0.15, 0.2) is 82.5 Å². The van der Waals surface area contributed by atoms with Crippen LogP contribution in [0, 0.1) is 0 Å². The Morgan fingerprint density at radius 3 is 2.24 bits per heavy atom. The first-order valence-electron chi connectivity index (χ1n) is 10.8. The van der Waals surface area contributed by atoms with Gasteiger partial charge in [-0.1, -0.05) is 48.5 Å². The van der Waals surface area contributed by atoms with Crippen LogP contribution in [-0.2, 0) is 21.4 Å². The summed E-state index contributed by atoms with van der Waals surface area (Å²) in [4.78, 5) is 27.1. The molecule has 1 aromatic heterocycles. The first-order valence-corrected chi connectivity index (χ1v) is 12.2. The molecule has 1 saturated heterocycles. The van der Waals surface area contributed by atoms with Gasteiger partial charge < -0.3 is 4.90 Å². The van der Waals surface area contributed by atoms with Crippen molar-refractivity contribution in [3.8, 4) is 5.69 Å². The van der Waals surface area contributed by atoms with Crippen molar-refractivity contribution < 1.29 is 13.2 Å². The number of para-hydroxylation sites is 1. The van der Waals surface area contributed by atoms with Gasteiger partial charge in [0.05, 0.1) is 10.6 Å². The Bertz CT molecular complexity index is 1510. The predicted octanol–water partition coefficient (Wildman–Crippen LogP) is 1.12. The molecular weight excluding hydrogens is 456 g/mol. The largest absolute Gasteiger partial charge is 0.368 e. The summed E-state index contributed by atoms with van der Waals surface area (Å²) in [6.45, 7) is 0.544. The van der Waals surface area contributed by atoms with Gasteiger partial charge in [0, 0.05) is 26.2 Å². The highest BCUT2D eigenvalue weighted by atomic mass is 32.2. The van der Waals surface area contributed by atoms with Crippen LogP contribution in [0.2, 0.25) is 0 Å². The van der Waals surface area contributed by atoms with E-state index in [0.29, 0.717) is 5.69 Å². The topological polar surface area (TPSA) is 110 Å². The second kappa shape index (κ2) is 8.84. The average Bonchev–Trinajstić information content (AvgIpc) is 3.24. The van der Waals surface area contributed by atoms with Crippen molar-refractivity contribution in [3.63, 3.8) is 0 Å². The molecular formula is C23H22N6O4S. The van der Waals surface area contributed by atoms with Crippen LogP contribution in [0.25, 0.3) is 16.5 Å². The first-order chi connectivity index (χ1) is 16.4. The van der Waals surface area contributed by atoms with Crippen LogP contribution >= 0.6 is 0 Å². The molecule has 174 valence electrons. The van der Waals surface area contributed by atoms with E-state index < -0.39 is 15.7 Å². The molecule has 34 heavy (non-hydrogen) atoms. The Hall–Kier alpha value is -3.83. The fraction of sp³-hybridized carbons (Fsp3) is 0.217. The van der Waals surface area contributed by atoms with E-state index >= 15 is 0 Å². The second-order valence-corrected chi connectivity index (χ2v) is 9.90. The number of amides is 1. The Balaban J connectivity index is 1.25. The Labute approximate surface area is 195 Å². The zero-order valence-corrected chi connectivity index (χ0v) is 19.0. The molecule has 3 aromatic carbocycles. The average molecular weight is 479 g/mol. The fourth-order valence-electron chi connectivity index (χ4n) is 3.99. The maximum absolute atomic E-state index is 13.1. The molecule has 0 aliphatic carbocycles. The number of hydrogen-bond donors (Lipinski definition) is 0. The number of piperazine rings is 1. The Morgan fingerprint density at radius 1 is 0.824 bits per heavy atom. The minimum absolute atomic E-state index is 0.173. The van der Waals surface area contributed by atoms with Gasteiger partial charge >= 0.3 is 5.69 Å². The quantitative estimate of drug-likeness (QED) is 0.425. The van der Waals surface area contributed by atoms with E-state index in [-0.39, 0.29) is 43.5 Å². The van der Waals surface area contributed by atoms with Gasteiger partial charge in [-0.25, -0.2) is 13.2 Å². The molecule has 1 aliphatic rings. The van der Waals surface area contributed by atoms with Crippen molar-refractivity contribution in [1.82, 2.24) is 29.0 Å². The summed E-state index contributed by atoms with van der Waals surface area (Å²) < 4.78 is 29.8. The number of nitrogens with zero attached hydrogens (tertiary/aromatic N) is 6. The minimum Gasteiger partial charge on any atom is -0.338 e. The summed E-state index contributed by atoms with van der Waals surface area (Å²) in [7, 11) is -3.68. The number of sulfonamides is 1. The van der Waals surface area contributed by atoms with Crippen molar-refractivity contribution >= 4 is 26.7 Å². The number of hydrogen-bond acceptors (Lipinski definition) is 6. The van der Waals surface area contributed by atoms with Crippen molar-refractivity contribution in [2.45, 2.75) is 11.4 Å². The van der Waals surface area contributed by atoms with Gasteiger partial charge in [-0.05, 0) is 45.5 Å². The van der Waals surface area contributed by atoms with Gasteiger partial charge in [0.1, 0.15) is 6.54 Å². The highest BCUT2D eigenvalue weighted by Crippen LogP contribution is 2.23. The maximum Gasteiger partial charge on any atom is 0.368 e. The molecule has 0 saturated carbocycles. The highest BCUT2D eigenvalue weighted by Gasteiger charge is 2.30. The minimum atomic E-state index is -3.68. The van der Waals surface area contributed by atoms with Crippen LogP contribution in [0.3, 0.4) is 0 Å². The number of benzene rings is 3. The number of rotatable bonds is 5. The van der Waals surface area contributed by atoms with E-state index in [1.54, 1.807) is 47.4 Å². The molecule has 0 bridgehead atoms. The summed E-state index contributed by atoms with van der Waals surface area (Å²) in [6, 6.07) is 21.5. The summed E-state index contributed by atoms with van der Waals surface area (Å²) in [6.07, 6.45) is 0. The summed E-state index contributed by atoms with van der Waals surface area (Å²) in [5, 5.41) is 9.47.